The molecule has 1 saturated heterocycles. The molecule has 0 bridgehead atoms. The van der Waals surface area contributed by atoms with Crippen molar-refractivity contribution in [3.8, 4) is 0 Å². The molecule has 1 atom stereocenters. The summed E-state index contributed by atoms with van der Waals surface area (Å²) in [4.78, 5) is 25.7. The van der Waals surface area contributed by atoms with Crippen molar-refractivity contribution in [1.29, 1.82) is 0 Å². The molecule has 21 heavy (non-hydrogen) atoms. The maximum absolute atomic E-state index is 12.2. The highest BCUT2D eigenvalue weighted by molar-refractivity contribution is 5.87. The normalized spacial score (nSPS) is 19.4. The molecular weight excluding hydrogens is 274 g/mol. The van der Waals surface area contributed by atoms with E-state index in [1.807, 2.05) is 0 Å². The molecule has 8 heteroatoms. The number of amides is 2. The zero-order valence-corrected chi connectivity index (χ0v) is 12.4. The third-order valence-electron chi connectivity index (χ3n) is 3.63. The Balaban J connectivity index is 1.86. The minimum absolute atomic E-state index is 0.0595. The first-order valence-corrected chi connectivity index (χ1v) is 7.03. The summed E-state index contributed by atoms with van der Waals surface area (Å²) in [5.41, 5.74) is 0.806. The Kier molecular flexibility index (Phi) is 5.26. The van der Waals surface area contributed by atoms with E-state index in [9.17, 15) is 9.59 Å². The maximum Gasteiger partial charge on any atom is 0.252 e. The predicted molar refractivity (Wildman–Crippen MR) is 74.1 cm³/mol. The molecule has 0 spiro atoms. The van der Waals surface area contributed by atoms with Gasteiger partial charge in [0.25, 0.3) is 5.91 Å². The number of nitrogens with one attached hydrogen (secondary N) is 1. The van der Waals surface area contributed by atoms with Gasteiger partial charge in [-0.05, 0) is 19.3 Å². The van der Waals surface area contributed by atoms with Crippen LogP contribution in [-0.2, 0) is 27.9 Å². The summed E-state index contributed by atoms with van der Waals surface area (Å²) in [6, 6.07) is 0. The first-order valence-electron chi connectivity index (χ1n) is 7.03. The number of ether oxygens (including phenoxy) is 1. The smallest absolute Gasteiger partial charge is 0.252 e. The first kappa shape index (κ1) is 15.4. The molecule has 1 aromatic heterocycles. The first-order chi connectivity index (χ1) is 10.1. The van der Waals surface area contributed by atoms with E-state index in [2.05, 4.69) is 15.6 Å². The number of carbonyl (C=O) groups excluding carboxylic acids is 2. The highest BCUT2D eigenvalue weighted by atomic mass is 16.5. The average Bonchev–Trinajstić information content (AvgIpc) is 2.80. The average molecular weight is 295 g/mol. The summed E-state index contributed by atoms with van der Waals surface area (Å²) in [5, 5.41) is 10.3. The molecule has 2 heterocycles. The number of hydrogen-bond donors (Lipinski definition) is 1. The van der Waals surface area contributed by atoms with E-state index in [-0.39, 0.29) is 18.4 Å². The quantitative estimate of drug-likeness (QED) is 0.788. The molecule has 1 fully saturated rings. The number of likely N-dealkylation sites (tertiary alicyclic amines) is 1. The largest absolute Gasteiger partial charge is 0.372 e. The van der Waals surface area contributed by atoms with Crippen LogP contribution in [0.2, 0.25) is 0 Å². The van der Waals surface area contributed by atoms with Crippen molar-refractivity contribution in [2.24, 2.45) is 7.05 Å². The Morgan fingerprint density at radius 2 is 2.33 bits per heavy atom. The lowest BCUT2D eigenvalue weighted by Gasteiger charge is -2.23. The lowest BCUT2D eigenvalue weighted by molar-refractivity contribution is -0.144. The van der Waals surface area contributed by atoms with Crippen LogP contribution in [0.15, 0.2) is 6.20 Å². The van der Waals surface area contributed by atoms with Crippen molar-refractivity contribution in [3.63, 3.8) is 0 Å². The molecule has 1 N–H and O–H groups in total. The third-order valence-corrected chi connectivity index (χ3v) is 3.63. The number of carbonyl (C=O) groups is 2. The summed E-state index contributed by atoms with van der Waals surface area (Å²) in [5.74, 6) is -0.298. The lowest BCUT2D eigenvalue weighted by Crippen LogP contribution is -2.44. The van der Waals surface area contributed by atoms with Crippen molar-refractivity contribution in [3.05, 3.63) is 11.9 Å². The van der Waals surface area contributed by atoms with Crippen LogP contribution < -0.4 is 5.32 Å². The van der Waals surface area contributed by atoms with Crippen LogP contribution in [-0.4, -0.2) is 58.0 Å². The standard InChI is InChI=1S/C13H21N5O3/c1-17-10(8-15-16-17)7-14-12(19)9-18-6-4-3-5-11(21-2)13(18)20/h8,11H,3-7,9H2,1-2H3,(H,14,19). The molecule has 0 aromatic carbocycles. The number of nitrogens with zero attached hydrogens (tertiary/aromatic N) is 4. The van der Waals surface area contributed by atoms with Gasteiger partial charge >= 0.3 is 0 Å². The van der Waals surface area contributed by atoms with Crippen LogP contribution in [0.4, 0.5) is 0 Å². The van der Waals surface area contributed by atoms with Crippen molar-refractivity contribution in [2.45, 2.75) is 31.9 Å². The van der Waals surface area contributed by atoms with Crippen molar-refractivity contribution < 1.29 is 14.3 Å². The molecule has 8 nitrogen and oxygen atoms in total. The highest BCUT2D eigenvalue weighted by Gasteiger charge is 2.27. The van der Waals surface area contributed by atoms with E-state index in [4.69, 9.17) is 4.74 Å². The van der Waals surface area contributed by atoms with E-state index in [1.54, 1.807) is 22.8 Å². The second-order valence-electron chi connectivity index (χ2n) is 5.11. The molecule has 0 aliphatic carbocycles. The van der Waals surface area contributed by atoms with Crippen LogP contribution in [0.25, 0.3) is 0 Å². The number of methoxy groups -OCH3 is 1. The van der Waals surface area contributed by atoms with Crippen LogP contribution in [0.1, 0.15) is 25.0 Å². The Morgan fingerprint density at radius 1 is 1.52 bits per heavy atom. The predicted octanol–water partition coefficient (Wildman–Crippen LogP) is -0.541. The molecule has 2 rings (SSSR count). The molecule has 0 radical (unpaired) electrons. The van der Waals surface area contributed by atoms with E-state index in [1.165, 1.54) is 7.11 Å². The van der Waals surface area contributed by atoms with Gasteiger partial charge in [-0.25, -0.2) is 0 Å². The number of hydrogen-bond acceptors (Lipinski definition) is 5. The van der Waals surface area contributed by atoms with Crippen LogP contribution in [0, 0.1) is 0 Å². The van der Waals surface area contributed by atoms with Crippen molar-refractivity contribution in [2.75, 3.05) is 20.2 Å². The summed E-state index contributed by atoms with van der Waals surface area (Å²) >= 11 is 0. The van der Waals surface area contributed by atoms with Crippen LogP contribution >= 0.6 is 0 Å². The van der Waals surface area contributed by atoms with Gasteiger partial charge in [0.1, 0.15) is 6.10 Å². The molecule has 0 saturated carbocycles. The summed E-state index contributed by atoms with van der Waals surface area (Å²) < 4.78 is 6.78. The fourth-order valence-electron chi connectivity index (χ4n) is 2.33. The number of rotatable bonds is 5. The molecule has 1 aliphatic heterocycles. The topological polar surface area (TPSA) is 89.3 Å². The van der Waals surface area contributed by atoms with Gasteiger partial charge in [-0.1, -0.05) is 5.21 Å². The van der Waals surface area contributed by atoms with Gasteiger partial charge < -0.3 is 15.0 Å². The summed E-state index contributed by atoms with van der Waals surface area (Å²) in [6.07, 6.45) is 3.71. The van der Waals surface area contributed by atoms with Gasteiger partial charge in [-0.15, -0.1) is 5.10 Å². The van der Waals surface area contributed by atoms with E-state index in [0.29, 0.717) is 19.5 Å². The van der Waals surface area contributed by atoms with Gasteiger partial charge in [-0.2, -0.15) is 0 Å². The van der Waals surface area contributed by atoms with Gasteiger partial charge in [0.05, 0.1) is 25.0 Å². The summed E-state index contributed by atoms with van der Waals surface area (Å²) in [6.45, 7) is 1.00. The second kappa shape index (κ2) is 7.16. The van der Waals surface area contributed by atoms with Crippen molar-refractivity contribution >= 4 is 11.8 Å². The van der Waals surface area contributed by atoms with Crippen LogP contribution in [0.3, 0.4) is 0 Å². The van der Waals surface area contributed by atoms with Gasteiger partial charge in [0.15, 0.2) is 0 Å². The zero-order chi connectivity index (χ0) is 15.2. The fourth-order valence-corrected chi connectivity index (χ4v) is 2.33. The zero-order valence-electron chi connectivity index (χ0n) is 12.4. The Bertz CT molecular complexity index is 502. The van der Waals surface area contributed by atoms with E-state index < -0.39 is 6.10 Å². The minimum atomic E-state index is -0.429. The minimum Gasteiger partial charge on any atom is -0.372 e. The SMILES string of the molecule is COC1CCCCN(CC(=O)NCc2cnnn2C)C1=O. The lowest BCUT2D eigenvalue weighted by atomic mass is 10.2. The summed E-state index contributed by atoms with van der Waals surface area (Å²) in [7, 11) is 3.29. The molecule has 1 aliphatic rings. The Hall–Kier alpha value is -1.96. The maximum atomic E-state index is 12.2. The van der Waals surface area contributed by atoms with Gasteiger partial charge in [0.2, 0.25) is 5.91 Å². The molecule has 1 unspecified atom stereocenters. The molecule has 2 amide bonds. The van der Waals surface area contributed by atoms with E-state index >= 15 is 0 Å². The fraction of sp³-hybridized carbons (Fsp3) is 0.692. The van der Waals surface area contributed by atoms with Crippen LogP contribution in [0.5, 0.6) is 0 Å². The Morgan fingerprint density at radius 3 is 3.00 bits per heavy atom. The number of aryl methyl sites for hydroxylation is 1. The van der Waals surface area contributed by atoms with Gasteiger partial charge in [0, 0.05) is 20.7 Å². The van der Waals surface area contributed by atoms with Crippen molar-refractivity contribution in [1.82, 2.24) is 25.2 Å². The van der Waals surface area contributed by atoms with Gasteiger partial charge in [-0.3, -0.25) is 14.3 Å². The Labute approximate surface area is 123 Å². The van der Waals surface area contributed by atoms with E-state index in [0.717, 1.165) is 18.5 Å². The molecular formula is C13H21N5O3. The monoisotopic (exact) mass is 295 g/mol. The molecule has 116 valence electrons. The third kappa shape index (κ3) is 4.01. The number of aromatic nitrogens is 3. The second-order valence-corrected chi connectivity index (χ2v) is 5.11. The molecule has 1 aromatic rings. The highest BCUT2D eigenvalue weighted by Crippen LogP contribution is 2.14.